The van der Waals surface area contributed by atoms with Crippen LogP contribution in [0, 0.1) is 24.7 Å². The molecule has 3 atom stereocenters. The molecule has 0 heterocycles. The van der Waals surface area contributed by atoms with E-state index < -0.39 is 11.9 Å². The number of aryl methyl sites for hydroxylation is 3. The second kappa shape index (κ2) is 17.9. The summed E-state index contributed by atoms with van der Waals surface area (Å²) in [7, 11) is 0. The minimum absolute atomic E-state index is 0.000741. The molecule has 0 unspecified atom stereocenters. The Morgan fingerprint density at radius 2 is 1.36 bits per heavy atom. The molecular formula is C44H60O6. The van der Waals surface area contributed by atoms with E-state index in [0.717, 1.165) is 92.0 Å². The van der Waals surface area contributed by atoms with Crippen LogP contribution in [0.3, 0.4) is 0 Å². The fourth-order valence-electron chi connectivity index (χ4n) is 7.79. The third kappa shape index (κ3) is 9.70. The van der Waals surface area contributed by atoms with Gasteiger partial charge in [-0.2, -0.15) is 0 Å². The molecule has 0 aliphatic heterocycles. The van der Waals surface area contributed by atoms with Crippen LogP contribution in [0.5, 0.6) is 23.0 Å². The Morgan fingerprint density at radius 3 is 1.94 bits per heavy atom. The van der Waals surface area contributed by atoms with E-state index in [0.29, 0.717) is 35.3 Å². The summed E-state index contributed by atoms with van der Waals surface area (Å²) in [6.07, 6.45) is 10.5. The van der Waals surface area contributed by atoms with E-state index in [1.165, 1.54) is 0 Å². The van der Waals surface area contributed by atoms with E-state index in [-0.39, 0.29) is 34.8 Å². The van der Waals surface area contributed by atoms with Gasteiger partial charge in [-0.1, -0.05) is 104 Å². The summed E-state index contributed by atoms with van der Waals surface area (Å²) in [4.78, 5) is 27.5. The van der Waals surface area contributed by atoms with Crippen LogP contribution in [0.2, 0.25) is 0 Å². The third-order valence-corrected chi connectivity index (χ3v) is 10.5. The number of phenolic OH excluding ortho intramolecular Hbond substituents is 2. The lowest BCUT2D eigenvalue weighted by Gasteiger charge is -2.38. The van der Waals surface area contributed by atoms with Gasteiger partial charge in [0.1, 0.15) is 23.0 Å². The molecule has 6 nitrogen and oxygen atoms in total. The molecule has 0 aromatic heterocycles. The molecule has 6 heteroatoms. The van der Waals surface area contributed by atoms with E-state index >= 15 is 0 Å². The van der Waals surface area contributed by atoms with Crippen LogP contribution in [-0.2, 0) is 22.4 Å². The predicted molar refractivity (Wildman–Crippen MR) is 202 cm³/mol. The summed E-state index contributed by atoms with van der Waals surface area (Å²) < 4.78 is 11.9. The first-order chi connectivity index (χ1) is 23.8. The SMILES string of the molecule is CCCCCc1cc(O)c(-c2cc(C)ccc2C(C)C)c(OC(=O)C(=O)Oc2cc(CCCCC)cc(O)c2[C@@H]2C[C@@H](C)CC[C@H]2C(C)C)c1. The van der Waals surface area contributed by atoms with E-state index in [1.54, 1.807) is 12.1 Å². The molecule has 272 valence electrons. The molecule has 0 saturated heterocycles. The van der Waals surface area contributed by atoms with Gasteiger partial charge in [0.05, 0.1) is 5.56 Å². The normalized spacial score (nSPS) is 17.7. The van der Waals surface area contributed by atoms with Gasteiger partial charge in [-0.3, -0.25) is 0 Å². The van der Waals surface area contributed by atoms with Crippen LogP contribution in [0.4, 0.5) is 0 Å². The van der Waals surface area contributed by atoms with E-state index in [1.807, 2.05) is 37.3 Å². The summed E-state index contributed by atoms with van der Waals surface area (Å²) in [6.45, 7) is 17.0. The van der Waals surface area contributed by atoms with Crippen LogP contribution >= 0.6 is 0 Å². The molecule has 0 amide bonds. The zero-order valence-electron chi connectivity index (χ0n) is 31.7. The third-order valence-electron chi connectivity index (χ3n) is 10.5. The van der Waals surface area contributed by atoms with E-state index in [4.69, 9.17) is 9.47 Å². The number of rotatable bonds is 14. The Labute approximate surface area is 300 Å². The van der Waals surface area contributed by atoms with Crippen molar-refractivity contribution in [3.63, 3.8) is 0 Å². The molecule has 1 saturated carbocycles. The van der Waals surface area contributed by atoms with Crippen LogP contribution in [-0.4, -0.2) is 22.2 Å². The molecule has 2 N–H and O–H groups in total. The monoisotopic (exact) mass is 684 g/mol. The first kappa shape index (κ1) is 39.0. The van der Waals surface area contributed by atoms with Gasteiger partial charge >= 0.3 is 11.9 Å². The Balaban J connectivity index is 1.74. The van der Waals surface area contributed by atoms with Crippen molar-refractivity contribution in [2.75, 3.05) is 0 Å². The number of benzene rings is 3. The number of phenols is 2. The summed E-state index contributed by atoms with van der Waals surface area (Å²) in [5.41, 5.74) is 5.42. The number of carbonyl (C=O) groups is 2. The summed E-state index contributed by atoms with van der Waals surface area (Å²) in [6, 6.07) is 13.2. The molecule has 1 aliphatic rings. The maximum Gasteiger partial charge on any atom is 0.423 e. The van der Waals surface area contributed by atoms with Gasteiger partial charge in [0.2, 0.25) is 0 Å². The lowest BCUT2D eigenvalue weighted by Crippen LogP contribution is -2.29. The van der Waals surface area contributed by atoms with Crippen molar-refractivity contribution in [3.8, 4) is 34.1 Å². The van der Waals surface area contributed by atoms with Crippen LogP contribution in [0.1, 0.15) is 146 Å². The lowest BCUT2D eigenvalue weighted by molar-refractivity contribution is -0.156. The summed E-state index contributed by atoms with van der Waals surface area (Å²) in [5.74, 6) is -0.587. The van der Waals surface area contributed by atoms with Gasteiger partial charge in [0, 0.05) is 5.56 Å². The molecule has 1 aliphatic carbocycles. The average Bonchev–Trinajstić information content (AvgIpc) is 3.04. The zero-order chi connectivity index (χ0) is 36.5. The summed E-state index contributed by atoms with van der Waals surface area (Å²) >= 11 is 0. The Hall–Kier alpha value is -3.80. The van der Waals surface area contributed by atoms with Gasteiger partial charge in [-0.15, -0.1) is 0 Å². The van der Waals surface area contributed by atoms with Crippen molar-refractivity contribution in [1.82, 2.24) is 0 Å². The minimum Gasteiger partial charge on any atom is -0.508 e. The van der Waals surface area contributed by atoms with E-state index in [9.17, 15) is 19.8 Å². The molecule has 1 fully saturated rings. The van der Waals surface area contributed by atoms with Crippen molar-refractivity contribution < 1.29 is 29.3 Å². The van der Waals surface area contributed by atoms with Crippen molar-refractivity contribution in [1.29, 1.82) is 0 Å². The van der Waals surface area contributed by atoms with Crippen molar-refractivity contribution >= 4 is 11.9 Å². The highest BCUT2D eigenvalue weighted by Gasteiger charge is 2.36. The zero-order valence-corrected chi connectivity index (χ0v) is 31.7. The highest BCUT2D eigenvalue weighted by atomic mass is 16.6. The maximum absolute atomic E-state index is 13.7. The smallest absolute Gasteiger partial charge is 0.423 e. The Bertz CT molecular complexity index is 1620. The highest BCUT2D eigenvalue weighted by molar-refractivity contribution is 6.31. The second-order valence-electron chi connectivity index (χ2n) is 15.4. The average molecular weight is 685 g/mol. The van der Waals surface area contributed by atoms with Crippen molar-refractivity contribution in [2.24, 2.45) is 17.8 Å². The lowest BCUT2D eigenvalue weighted by atomic mass is 9.67. The van der Waals surface area contributed by atoms with E-state index in [2.05, 4.69) is 48.5 Å². The number of unbranched alkanes of at least 4 members (excludes halogenated alkanes) is 4. The first-order valence-electron chi connectivity index (χ1n) is 19.1. The number of ether oxygens (including phenoxy) is 2. The van der Waals surface area contributed by atoms with Crippen molar-refractivity contribution in [2.45, 2.75) is 138 Å². The quantitative estimate of drug-likeness (QED) is 0.0760. The first-order valence-corrected chi connectivity index (χ1v) is 19.1. The molecule has 3 aromatic rings. The minimum atomic E-state index is -1.17. The molecule has 0 bridgehead atoms. The Kier molecular flexibility index (Phi) is 14.0. The number of carbonyl (C=O) groups excluding carboxylic acids is 2. The molecular weight excluding hydrogens is 624 g/mol. The molecule has 0 spiro atoms. The van der Waals surface area contributed by atoms with Gasteiger partial charge in [-0.05, 0) is 122 Å². The fourth-order valence-corrected chi connectivity index (χ4v) is 7.79. The molecule has 0 radical (unpaired) electrons. The van der Waals surface area contributed by atoms with Crippen LogP contribution in [0.15, 0.2) is 42.5 Å². The van der Waals surface area contributed by atoms with Crippen LogP contribution in [0.25, 0.3) is 11.1 Å². The molecule has 3 aromatic carbocycles. The molecule has 50 heavy (non-hydrogen) atoms. The van der Waals surface area contributed by atoms with Gasteiger partial charge in [0.15, 0.2) is 0 Å². The maximum atomic E-state index is 13.7. The van der Waals surface area contributed by atoms with Gasteiger partial charge in [0.25, 0.3) is 0 Å². The number of aromatic hydroxyl groups is 2. The fraction of sp³-hybridized carbons (Fsp3) is 0.545. The van der Waals surface area contributed by atoms with Crippen molar-refractivity contribution in [3.05, 3.63) is 70.3 Å². The standard InChI is InChI=1S/C44H60O6/c1-9-11-13-15-31-23-37(45)41(35-21-29(7)17-19-33(35)27(3)4)39(25-31)49-43(47)44(48)50-40-26-32(16-14-12-10-2)24-38(46)42(40)36-22-30(8)18-20-34(36)28(5)6/h17,19,21,23-28,30,34,36,45-46H,9-16,18,20,22H2,1-8H3/t30-,34-,36+/m0/s1. The predicted octanol–water partition coefficient (Wildman–Crippen LogP) is 11.3. The number of esters is 2. The Morgan fingerprint density at radius 1 is 0.780 bits per heavy atom. The van der Waals surface area contributed by atoms with Gasteiger partial charge in [-0.25, -0.2) is 9.59 Å². The highest BCUT2D eigenvalue weighted by Crippen LogP contribution is 2.50. The second-order valence-corrected chi connectivity index (χ2v) is 15.4. The molecule has 4 rings (SSSR count). The van der Waals surface area contributed by atoms with Crippen LogP contribution < -0.4 is 9.47 Å². The number of hydrogen-bond acceptors (Lipinski definition) is 6. The largest absolute Gasteiger partial charge is 0.508 e. The number of hydrogen-bond donors (Lipinski definition) is 2. The summed E-state index contributed by atoms with van der Waals surface area (Å²) in [5, 5.41) is 23.0. The van der Waals surface area contributed by atoms with Gasteiger partial charge < -0.3 is 19.7 Å². The topological polar surface area (TPSA) is 93.1 Å².